The van der Waals surface area contributed by atoms with Crippen LogP contribution < -0.4 is 10.6 Å². The lowest BCUT2D eigenvalue weighted by atomic mass is 9.84. The summed E-state index contributed by atoms with van der Waals surface area (Å²) < 4.78 is 0. The lowest BCUT2D eigenvalue weighted by Gasteiger charge is -2.31. The van der Waals surface area contributed by atoms with E-state index in [0.717, 1.165) is 49.3 Å². The van der Waals surface area contributed by atoms with E-state index in [4.69, 9.17) is 0 Å². The molecule has 156 valence electrons. The molecule has 0 radical (unpaired) electrons. The maximum absolute atomic E-state index is 12.8. The Bertz CT molecular complexity index is 821. The predicted molar refractivity (Wildman–Crippen MR) is 116 cm³/mol. The van der Waals surface area contributed by atoms with Crippen molar-refractivity contribution in [1.82, 2.24) is 25.5 Å². The molecule has 3 N–H and O–H groups in total. The summed E-state index contributed by atoms with van der Waals surface area (Å²) in [7, 11) is 3.67. The van der Waals surface area contributed by atoms with E-state index in [-0.39, 0.29) is 11.3 Å². The third-order valence-electron chi connectivity index (χ3n) is 5.46. The fourth-order valence-corrected chi connectivity index (χ4v) is 3.95. The molecule has 1 amide bonds. The monoisotopic (exact) mass is 396 g/mol. The number of carbonyl (C=O) groups excluding carboxylic acids is 1. The smallest absolute Gasteiger partial charge is 0.230 e. The van der Waals surface area contributed by atoms with Crippen LogP contribution in [0.15, 0.2) is 41.5 Å². The summed E-state index contributed by atoms with van der Waals surface area (Å²) in [5.74, 6) is 1.72. The van der Waals surface area contributed by atoms with Crippen molar-refractivity contribution in [1.29, 1.82) is 0 Å². The number of hydrogen-bond acceptors (Lipinski definition) is 3. The van der Waals surface area contributed by atoms with E-state index in [2.05, 4.69) is 37.7 Å². The van der Waals surface area contributed by atoms with Crippen LogP contribution in [0.25, 0.3) is 11.3 Å². The molecule has 1 fully saturated rings. The number of nitrogens with one attached hydrogen (secondary N) is 3. The molecule has 1 aromatic heterocycles. The summed E-state index contributed by atoms with van der Waals surface area (Å²) in [5.41, 5.74) is 1.76. The van der Waals surface area contributed by atoms with Crippen LogP contribution in [0.1, 0.15) is 38.4 Å². The van der Waals surface area contributed by atoms with Crippen molar-refractivity contribution in [2.75, 3.05) is 27.2 Å². The number of aromatic nitrogens is 2. The first-order chi connectivity index (χ1) is 14.0. The molecule has 1 heterocycles. The number of amides is 1. The molecule has 1 aliphatic carbocycles. The van der Waals surface area contributed by atoms with Crippen molar-refractivity contribution >= 4 is 11.9 Å². The zero-order valence-corrected chi connectivity index (χ0v) is 17.7. The second-order valence-corrected chi connectivity index (χ2v) is 7.85. The van der Waals surface area contributed by atoms with Gasteiger partial charge in [0.05, 0.1) is 17.3 Å². The van der Waals surface area contributed by atoms with E-state index in [1.54, 1.807) is 4.90 Å². The Morgan fingerprint density at radius 3 is 2.59 bits per heavy atom. The number of guanidine groups is 1. The Morgan fingerprint density at radius 2 is 1.93 bits per heavy atom. The van der Waals surface area contributed by atoms with Gasteiger partial charge in [-0.25, -0.2) is 9.98 Å². The average Bonchev–Trinajstić information content (AvgIpc) is 3.40. The van der Waals surface area contributed by atoms with Gasteiger partial charge in [-0.3, -0.25) is 4.79 Å². The number of aliphatic imine (C=N–C) groups is 1. The second kappa shape index (κ2) is 9.58. The number of aromatic amines is 1. The highest BCUT2D eigenvalue weighted by Gasteiger charge is 2.42. The quantitative estimate of drug-likeness (QED) is 0.496. The van der Waals surface area contributed by atoms with Crippen LogP contribution in [-0.4, -0.2) is 53.9 Å². The van der Waals surface area contributed by atoms with E-state index < -0.39 is 0 Å². The molecule has 7 nitrogen and oxygen atoms in total. The van der Waals surface area contributed by atoms with Gasteiger partial charge in [-0.15, -0.1) is 0 Å². The molecule has 1 aliphatic rings. The molecule has 0 saturated heterocycles. The van der Waals surface area contributed by atoms with Crippen LogP contribution in [0.4, 0.5) is 0 Å². The minimum absolute atomic E-state index is 0.205. The first-order valence-corrected chi connectivity index (χ1v) is 10.4. The molecule has 0 bridgehead atoms. The van der Waals surface area contributed by atoms with E-state index in [1.807, 2.05) is 45.4 Å². The van der Waals surface area contributed by atoms with E-state index in [0.29, 0.717) is 19.0 Å². The van der Waals surface area contributed by atoms with Crippen molar-refractivity contribution in [3.63, 3.8) is 0 Å². The van der Waals surface area contributed by atoms with Crippen LogP contribution in [0, 0.1) is 5.41 Å². The third kappa shape index (κ3) is 5.16. The normalized spacial score (nSPS) is 15.9. The van der Waals surface area contributed by atoms with Crippen LogP contribution in [0.2, 0.25) is 0 Å². The molecule has 7 heteroatoms. The molecule has 0 spiro atoms. The molecule has 0 aliphatic heterocycles. The standard InChI is InChI=1S/C22H32N6O/c1-4-23-21(26-16-22(12-8-9-13-22)20(29)28(2)3)25-15-19-24-14-18(27-19)17-10-6-5-7-11-17/h5-7,10-11,14H,4,8-9,12-13,15-16H2,1-3H3,(H,24,27)(H2,23,25,26). The second-order valence-electron chi connectivity index (χ2n) is 7.85. The molecular weight excluding hydrogens is 364 g/mol. The van der Waals surface area contributed by atoms with Gasteiger partial charge in [0.25, 0.3) is 0 Å². The maximum atomic E-state index is 12.8. The number of benzene rings is 1. The lowest BCUT2D eigenvalue weighted by molar-refractivity contribution is -0.138. The Kier molecular flexibility index (Phi) is 6.90. The highest BCUT2D eigenvalue weighted by molar-refractivity contribution is 5.85. The Labute approximate surface area is 173 Å². The van der Waals surface area contributed by atoms with Gasteiger partial charge in [0, 0.05) is 27.2 Å². The number of nitrogens with zero attached hydrogens (tertiary/aromatic N) is 3. The highest BCUT2D eigenvalue weighted by Crippen LogP contribution is 2.38. The third-order valence-corrected chi connectivity index (χ3v) is 5.46. The van der Waals surface area contributed by atoms with Crippen LogP contribution in [-0.2, 0) is 11.3 Å². The number of carbonyl (C=O) groups is 1. The fraction of sp³-hybridized carbons (Fsp3) is 0.500. The van der Waals surface area contributed by atoms with E-state index in [9.17, 15) is 4.79 Å². The molecule has 0 atom stereocenters. The lowest BCUT2D eigenvalue weighted by Crippen LogP contribution is -2.49. The van der Waals surface area contributed by atoms with Gasteiger partial charge >= 0.3 is 0 Å². The van der Waals surface area contributed by atoms with Crippen molar-refractivity contribution in [2.24, 2.45) is 10.4 Å². The topological polar surface area (TPSA) is 85.4 Å². The highest BCUT2D eigenvalue weighted by atomic mass is 16.2. The van der Waals surface area contributed by atoms with Gasteiger partial charge in [0.2, 0.25) is 5.91 Å². The van der Waals surface area contributed by atoms with Crippen molar-refractivity contribution < 1.29 is 4.79 Å². The largest absolute Gasteiger partial charge is 0.357 e. The van der Waals surface area contributed by atoms with Gasteiger partial charge in [0.15, 0.2) is 5.96 Å². The molecule has 2 aromatic rings. The Morgan fingerprint density at radius 1 is 1.21 bits per heavy atom. The van der Waals surface area contributed by atoms with Crippen LogP contribution in [0.5, 0.6) is 0 Å². The zero-order valence-electron chi connectivity index (χ0n) is 17.7. The Balaban J connectivity index is 1.66. The SMILES string of the molecule is CCNC(=NCc1ncc(-c2ccccc2)[nH]1)NCC1(C(=O)N(C)C)CCCC1. The minimum atomic E-state index is -0.329. The van der Waals surface area contributed by atoms with Crippen LogP contribution in [0.3, 0.4) is 0 Å². The summed E-state index contributed by atoms with van der Waals surface area (Å²) in [6.07, 6.45) is 5.89. The summed E-state index contributed by atoms with van der Waals surface area (Å²) in [4.78, 5) is 26.9. The number of hydrogen-bond donors (Lipinski definition) is 3. The van der Waals surface area contributed by atoms with Crippen molar-refractivity contribution in [2.45, 2.75) is 39.2 Å². The van der Waals surface area contributed by atoms with Gasteiger partial charge < -0.3 is 20.5 Å². The molecule has 1 aromatic carbocycles. The fourth-order valence-electron chi connectivity index (χ4n) is 3.95. The summed E-state index contributed by atoms with van der Waals surface area (Å²) >= 11 is 0. The first kappa shape index (κ1) is 20.9. The summed E-state index contributed by atoms with van der Waals surface area (Å²) in [6, 6.07) is 10.1. The first-order valence-electron chi connectivity index (χ1n) is 10.4. The number of rotatable bonds is 7. The van der Waals surface area contributed by atoms with Gasteiger partial charge in [0.1, 0.15) is 12.4 Å². The summed E-state index contributed by atoms with van der Waals surface area (Å²) in [6.45, 7) is 3.84. The van der Waals surface area contributed by atoms with Gasteiger partial charge in [-0.05, 0) is 25.3 Å². The molecular formula is C22H32N6O. The Hall–Kier alpha value is -2.83. The predicted octanol–water partition coefficient (Wildman–Crippen LogP) is 2.78. The summed E-state index contributed by atoms with van der Waals surface area (Å²) in [5, 5.41) is 6.67. The minimum Gasteiger partial charge on any atom is -0.357 e. The molecule has 3 rings (SSSR count). The number of H-pyrrole nitrogens is 1. The van der Waals surface area contributed by atoms with E-state index in [1.165, 1.54) is 0 Å². The maximum Gasteiger partial charge on any atom is 0.230 e. The molecule has 1 saturated carbocycles. The number of imidazole rings is 1. The van der Waals surface area contributed by atoms with Gasteiger partial charge in [-0.2, -0.15) is 0 Å². The van der Waals surface area contributed by atoms with Crippen LogP contribution >= 0.6 is 0 Å². The molecule has 0 unspecified atom stereocenters. The van der Waals surface area contributed by atoms with Crippen molar-refractivity contribution in [3.8, 4) is 11.3 Å². The van der Waals surface area contributed by atoms with Gasteiger partial charge in [-0.1, -0.05) is 43.2 Å². The van der Waals surface area contributed by atoms with E-state index >= 15 is 0 Å². The zero-order chi connectivity index (χ0) is 20.7. The average molecular weight is 397 g/mol. The van der Waals surface area contributed by atoms with Crippen molar-refractivity contribution in [3.05, 3.63) is 42.4 Å². The molecule has 29 heavy (non-hydrogen) atoms.